The van der Waals surface area contributed by atoms with Crippen LogP contribution >= 0.6 is 0 Å². The number of ether oxygens (including phenoxy) is 1. The molecule has 3 heteroatoms. The minimum atomic E-state index is -0.164. The van der Waals surface area contributed by atoms with Crippen LogP contribution in [0.1, 0.15) is 149 Å². The van der Waals surface area contributed by atoms with E-state index < -0.39 is 0 Å². The van der Waals surface area contributed by atoms with E-state index >= 15 is 0 Å². The molecule has 0 saturated heterocycles. The van der Waals surface area contributed by atoms with Crippen LogP contribution < -0.4 is 0 Å². The highest BCUT2D eigenvalue weighted by Crippen LogP contribution is 2.44. The number of carbonyl (C=O) groups is 1. The number of carbonyl (C=O) groups excluding carboxylic acids is 1. The second-order valence-electron chi connectivity index (χ2n) is 12.2. The van der Waals surface area contributed by atoms with E-state index in [0.29, 0.717) is 0 Å². The van der Waals surface area contributed by atoms with Gasteiger partial charge in [-0.25, -0.2) is 0 Å². The maximum absolute atomic E-state index is 12.9. The van der Waals surface area contributed by atoms with E-state index in [4.69, 9.17) is 4.74 Å². The molecule has 0 heterocycles. The van der Waals surface area contributed by atoms with E-state index in [9.17, 15) is 10.1 Å². The SMILES string of the molecule is CCCCCCCC1(C#N)CCC(OC(=O)C2CCC([C@H]3CC[C@H](CCCC)CC3)CC2)CC1. The van der Waals surface area contributed by atoms with Crippen LogP contribution in [-0.2, 0) is 9.53 Å². The maximum Gasteiger partial charge on any atom is 0.309 e. The zero-order valence-electron chi connectivity index (χ0n) is 22.5. The second kappa shape index (κ2) is 14.5. The van der Waals surface area contributed by atoms with E-state index in [-0.39, 0.29) is 23.4 Å². The third-order valence-corrected chi connectivity index (χ3v) is 9.80. The van der Waals surface area contributed by atoms with Gasteiger partial charge in [-0.2, -0.15) is 5.26 Å². The van der Waals surface area contributed by atoms with Crippen LogP contribution in [0.2, 0.25) is 0 Å². The minimum Gasteiger partial charge on any atom is -0.462 e. The van der Waals surface area contributed by atoms with E-state index in [2.05, 4.69) is 19.9 Å². The lowest BCUT2D eigenvalue weighted by Gasteiger charge is -2.38. The maximum atomic E-state index is 12.9. The van der Waals surface area contributed by atoms with Crippen molar-refractivity contribution in [1.29, 1.82) is 5.26 Å². The normalized spacial score (nSPS) is 34.3. The molecule has 0 radical (unpaired) electrons. The zero-order chi connectivity index (χ0) is 24.2. The van der Waals surface area contributed by atoms with Crippen molar-refractivity contribution in [2.75, 3.05) is 0 Å². The summed E-state index contributed by atoms with van der Waals surface area (Å²) in [7, 11) is 0. The third-order valence-electron chi connectivity index (χ3n) is 9.80. The molecule has 3 aliphatic rings. The van der Waals surface area contributed by atoms with Crippen LogP contribution in [0.5, 0.6) is 0 Å². The van der Waals surface area contributed by atoms with Crippen molar-refractivity contribution < 1.29 is 9.53 Å². The van der Waals surface area contributed by atoms with Gasteiger partial charge in [-0.1, -0.05) is 78.1 Å². The number of rotatable bonds is 12. The van der Waals surface area contributed by atoms with Gasteiger partial charge < -0.3 is 4.74 Å². The van der Waals surface area contributed by atoms with Crippen molar-refractivity contribution in [3.8, 4) is 6.07 Å². The Kier molecular flexibility index (Phi) is 11.7. The molecule has 3 aliphatic carbocycles. The summed E-state index contributed by atoms with van der Waals surface area (Å²) in [5.41, 5.74) is -0.164. The van der Waals surface area contributed by atoms with Crippen LogP contribution in [0.15, 0.2) is 0 Å². The fourth-order valence-corrected chi connectivity index (χ4v) is 7.27. The van der Waals surface area contributed by atoms with Gasteiger partial charge >= 0.3 is 5.97 Å². The van der Waals surface area contributed by atoms with E-state index in [0.717, 1.165) is 62.7 Å². The van der Waals surface area contributed by atoms with Gasteiger partial charge in [0.15, 0.2) is 0 Å². The Bertz CT molecular complexity index is 614. The quantitative estimate of drug-likeness (QED) is 0.210. The van der Waals surface area contributed by atoms with Crippen molar-refractivity contribution in [3.63, 3.8) is 0 Å². The average molecular weight is 472 g/mol. The van der Waals surface area contributed by atoms with Crippen LogP contribution in [0.3, 0.4) is 0 Å². The zero-order valence-corrected chi connectivity index (χ0v) is 22.5. The molecule has 0 unspecified atom stereocenters. The van der Waals surface area contributed by atoms with Gasteiger partial charge in [-0.15, -0.1) is 0 Å². The first-order valence-corrected chi connectivity index (χ1v) is 15.2. The number of hydrogen-bond donors (Lipinski definition) is 0. The van der Waals surface area contributed by atoms with Crippen LogP contribution in [0.25, 0.3) is 0 Å². The summed E-state index contributed by atoms with van der Waals surface area (Å²) in [6.07, 6.45) is 25.4. The molecular weight excluding hydrogens is 418 g/mol. The number of unbranched alkanes of at least 4 members (excludes halogenated alkanes) is 5. The molecule has 3 rings (SSSR count). The molecule has 0 spiro atoms. The Morgan fingerprint density at radius 1 is 0.794 bits per heavy atom. The van der Waals surface area contributed by atoms with Crippen LogP contribution in [-0.4, -0.2) is 12.1 Å². The molecular formula is C31H53NO2. The lowest BCUT2D eigenvalue weighted by molar-refractivity contribution is -0.158. The van der Waals surface area contributed by atoms with Crippen LogP contribution in [0.4, 0.5) is 0 Å². The topological polar surface area (TPSA) is 50.1 Å². The second-order valence-corrected chi connectivity index (χ2v) is 12.2. The Labute approximate surface area is 210 Å². The Hall–Kier alpha value is -1.04. The first-order valence-electron chi connectivity index (χ1n) is 15.2. The molecule has 0 aromatic rings. The number of esters is 1. The van der Waals surface area contributed by atoms with Crippen LogP contribution in [0, 0.1) is 40.4 Å². The Morgan fingerprint density at radius 2 is 1.38 bits per heavy atom. The molecule has 0 aromatic carbocycles. The number of hydrogen-bond acceptors (Lipinski definition) is 3. The third kappa shape index (κ3) is 8.27. The van der Waals surface area contributed by atoms with Gasteiger partial charge in [-0.05, 0) is 88.4 Å². The van der Waals surface area contributed by atoms with Gasteiger partial charge in [0.2, 0.25) is 0 Å². The smallest absolute Gasteiger partial charge is 0.309 e. The summed E-state index contributed by atoms with van der Waals surface area (Å²) < 4.78 is 6.01. The molecule has 3 saturated carbocycles. The summed E-state index contributed by atoms with van der Waals surface area (Å²) in [6.45, 7) is 4.55. The monoisotopic (exact) mass is 471 g/mol. The molecule has 0 aliphatic heterocycles. The molecule has 194 valence electrons. The van der Waals surface area contributed by atoms with Gasteiger partial charge in [0.25, 0.3) is 0 Å². The fourth-order valence-electron chi connectivity index (χ4n) is 7.27. The summed E-state index contributed by atoms with van der Waals surface area (Å²) in [5.74, 6) is 2.93. The molecule has 0 bridgehead atoms. The van der Waals surface area contributed by atoms with E-state index in [1.54, 1.807) is 0 Å². The Balaban J connectivity index is 1.32. The van der Waals surface area contributed by atoms with Gasteiger partial charge in [0.1, 0.15) is 6.10 Å². The average Bonchev–Trinajstić information content (AvgIpc) is 2.89. The van der Waals surface area contributed by atoms with Gasteiger partial charge in [-0.3, -0.25) is 4.79 Å². The summed E-state index contributed by atoms with van der Waals surface area (Å²) in [6, 6.07) is 2.65. The summed E-state index contributed by atoms with van der Waals surface area (Å²) in [4.78, 5) is 12.9. The number of nitrogens with zero attached hydrogens (tertiary/aromatic N) is 1. The van der Waals surface area contributed by atoms with Crippen molar-refractivity contribution >= 4 is 5.97 Å². The predicted octanol–water partition coefficient (Wildman–Crippen LogP) is 9.15. The van der Waals surface area contributed by atoms with E-state index in [1.165, 1.54) is 89.9 Å². The highest BCUT2D eigenvalue weighted by atomic mass is 16.5. The van der Waals surface area contributed by atoms with Crippen molar-refractivity contribution in [2.45, 2.75) is 155 Å². The molecule has 0 N–H and O–H groups in total. The standard InChI is InChI=1S/C31H53NO2/c1-3-5-7-8-9-21-31(24-32)22-19-29(20-23-31)34-30(33)28-17-15-27(16-18-28)26-13-11-25(12-14-26)10-6-4-2/h25-29H,3-23H2,1-2H3/t25-,26-,27?,28?,29?,31?. The van der Waals surface area contributed by atoms with Crippen molar-refractivity contribution in [3.05, 3.63) is 0 Å². The number of nitriles is 1. The lowest BCUT2D eigenvalue weighted by Crippen LogP contribution is -2.34. The fraction of sp³-hybridized carbons (Fsp3) is 0.935. The first kappa shape index (κ1) is 27.5. The van der Waals surface area contributed by atoms with Crippen molar-refractivity contribution in [2.24, 2.45) is 29.1 Å². The van der Waals surface area contributed by atoms with Crippen molar-refractivity contribution in [1.82, 2.24) is 0 Å². The molecule has 3 fully saturated rings. The molecule has 0 amide bonds. The summed E-state index contributed by atoms with van der Waals surface area (Å²) in [5, 5.41) is 9.84. The summed E-state index contributed by atoms with van der Waals surface area (Å²) >= 11 is 0. The minimum absolute atomic E-state index is 0.0465. The predicted molar refractivity (Wildman–Crippen MR) is 140 cm³/mol. The highest BCUT2D eigenvalue weighted by Gasteiger charge is 2.38. The molecule has 0 aromatic heterocycles. The molecule has 34 heavy (non-hydrogen) atoms. The van der Waals surface area contributed by atoms with Gasteiger partial charge in [0.05, 0.1) is 17.4 Å². The van der Waals surface area contributed by atoms with Gasteiger partial charge in [0, 0.05) is 0 Å². The molecule has 3 nitrogen and oxygen atoms in total. The van der Waals surface area contributed by atoms with E-state index in [1.807, 2.05) is 0 Å². The lowest BCUT2D eigenvalue weighted by atomic mass is 9.68. The Morgan fingerprint density at radius 3 is 1.97 bits per heavy atom. The molecule has 0 atom stereocenters. The largest absolute Gasteiger partial charge is 0.462 e. The highest BCUT2D eigenvalue weighted by molar-refractivity contribution is 5.72. The first-order chi connectivity index (χ1) is 16.6.